The van der Waals surface area contributed by atoms with Gasteiger partial charge in [-0.1, -0.05) is 6.08 Å². The lowest BCUT2D eigenvalue weighted by Crippen LogP contribution is -2.69. The Morgan fingerprint density at radius 3 is 2.08 bits per heavy atom. The molecule has 1 fully saturated rings. The highest BCUT2D eigenvalue weighted by molar-refractivity contribution is 5.82. The molecule has 1 amide bonds. The van der Waals surface area contributed by atoms with Gasteiger partial charge in [0.05, 0.1) is 19.6 Å². The fourth-order valence-electron chi connectivity index (χ4n) is 3.96. The normalized spacial score (nSPS) is 23.3. The minimum atomic E-state index is -2.58. The molecule has 1 saturated heterocycles. The molecule has 0 spiro atoms. The fourth-order valence-corrected chi connectivity index (χ4v) is 3.96. The van der Waals surface area contributed by atoms with Gasteiger partial charge in [0.2, 0.25) is 5.91 Å². The summed E-state index contributed by atoms with van der Waals surface area (Å²) in [6, 6.07) is -1.37. The predicted molar refractivity (Wildman–Crippen MR) is 131 cm³/mol. The van der Waals surface area contributed by atoms with Gasteiger partial charge < -0.3 is 38.5 Å². The Hall–Kier alpha value is -4.01. The largest absolute Gasteiger partial charge is 0.464 e. The van der Waals surface area contributed by atoms with Gasteiger partial charge in [-0.2, -0.15) is 0 Å². The second-order valence-corrected chi connectivity index (χ2v) is 8.73. The molecule has 1 N–H and O–H groups in total. The van der Waals surface area contributed by atoms with Crippen LogP contribution in [0.4, 0.5) is 0 Å². The first-order valence-electron chi connectivity index (χ1n) is 12.2. The van der Waals surface area contributed by atoms with Crippen LogP contribution in [0.2, 0.25) is 0 Å². The predicted octanol–water partition coefficient (Wildman–Crippen LogP) is 0.0169. The van der Waals surface area contributed by atoms with E-state index in [1.807, 2.05) is 0 Å². The summed E-state index contributed by atoms with van der Waals surface area (Å²) in [6.45, 7) is 8.15. The molecule has 0 aromatic rings. The number of hydrogen-bond donors (Lipinski definition) is 1. The maximum absolute atomic E-state index is 13.1. The highest BCUT2D eigenvalue weighted by atomic mass is 16.8. The van der Waals surface area contributed by atoms with E-state index in [-0.39, 0.29) is 12.8 Å². The van der Waals surface area contributed by atoms with E-state index < -0.39 is 91.0 Å². The standard InChI is InChI=1S/C25H35NO14/c1-8-9-10-20(32)39-25(24(33)34-7)11-18(36-15(4)29)21(26-13(2)27)23(40-25)22(38-17(6)31)19(37-16(5)30)12-35-14(3)28/h8,18-19,21-23H,1,9-12H2,2-7H3,(H,26,27)/t18-,19+,21+,22+,23+,25?/m0/s1. The summed E-state index contributed by atoms with van der Waals surface area (Å²) >= 11 is 0. The molecule has 15 nitrogen and oxygen atoms in total. The van der Waals surface area contributed by atoms with Crippen molar-refractivity contribution in [2.75, 3.05) is 13.7 Å². The maximum atomic E-state index is 13.1. The minimum Gasteiger partial charge on any atom is -0.464 e. The molecule has 224 valence electrons. The number of hydrogen-bond acceptors (Lipinski definition) is 14. The monoisotopic (exact) mass is 573 g/mol. The lowest BCUT2D eigenvalue weighted by Gasteiger charge is -2.48. The summed E-state index contributed by atoms with van der Waals surface area (Å²) in [7, 11) is 0.979. The van der Waals surface area contributed by atoms with Gasteiger partial charge in [-0.3, -0.25) is 28.8 Å². The topological polar surface area (TPSA) is 196 Å². The molecule has 1 rings (SSSR count). The second-order valence-electron chi connectivity index (χ2n) is 8.73. The molecular weight excluding hydrogens is 538 g/mol. The van der Waals surface area contributed by atoms with Crippen LogP contribution < -0.4 is 5.32 Å². The summed E-state index contributed by atoms with van der Waals surface area (Å²) in [6.07, 6.45) is -5.68. The van der Waals surface area contributed by atoms with E-state index in [2.05, 4.69) is 11.9 Å². The highest BCUT2D eigenvalue weighted by Gasteiger charge is 2.60. The van der Waals surface area contributed by atoms with E-state index in [1.165, 1.54) is 6.08 Å². The van der Waals surface area contributed by atoms with Crippen molar-refractivity contribution in [1.82, 2.24) is 5.32 Å². The van der Waals surface area contributed by atoms with Gasteiger partial charge in [0.1, 0.15) is 18.8 Å². The summed E-state index contributed by atoms with van der Waals surface area (Å²) in [5.41, 5.74) is 0. The number of carbonyl (C=O) groups excluding carboxylic acids is 7. The van der Waals surface area contributed by atoms with E-state index in [1.54, 1.807) is 0 Å². The smallest absolute Gasteiger partial charge is 0.379 e. The third-order valence-corrected chi connectivity index (χ3v) is 5.33. The zero-order valence-corrected chi connectivity index (χ0v) is 23.2. The van der Waals surface area contributed by atoms with Gasteiger partial charge in [0, 0.05) is 41.0 Å². The lowest BCUT2D eigenvalue weighted by atomic mass is 9.88. The van der Waals surface area contributed by atoms with Crippen molar-refractivity contribution in [1.29, 1.82) is 0 Å². The van der Waals surface area contributed by atoms with Crippen LogP contribution in [-0.2, 0) is 66.7 Å². The first-order valence-corrected chi connectivity index (χ1v) is 12.2. The molecule has 0 aliphatic carbocycles. The van der Waals surface area contributed by atoms with Gasteiger partial charge in [-0.25, -0.2) is 4.79 Å². The van der Waals surface area contributed by atoms with E-state index in [9.17, 15) is 33.6 Å². The molecule has 1 aliphatic rings. The van der Waals surface area contributed by atoms with Crippen LogP contribution >= 0.6 is 0 Å². The zero-order valence-electron chi connectivity index (χ0n) is 23.2. The quantitative estimate of drug-likeness (QED) is 0.176. The number of nitrogens with one attached hydrogen (secondary N) is 1. The number of esters is 6. The van der Waals surface area contributed by atoms with E-state index in [0.717, 1.165) is 41.7 Å². The minimum absolute atomic E-state index is 0.175. The van der Waals surface area contributed by atoms with E-state index >= 15 is 0 Å². The number of allylic oxidation sites excluding steroid dienone is 1. The first-order chi connectivity index (χ1) is 18.6. The van der Waals surface area contributed by atoms with Gasteiger partial charge in [0.25, 0.3) is 0 Å². The number of methoxy groups -OCH3 is 1. The molecule has 0 aromatic heterocycles. The van der Waals surface area contributed by atoms with Crippen LogP contribution in [0.3, 0.4) is 0 Å². The Balaban J connectivity index is 3.85. The number of rotatable bonds is 13. The fraction of sp³-hybridized carbons (Fsp3) is 0.640. The Morgan fingerprint density at radius 2 is 1.60 bits per heavy atom. The van der Waals surface area contributed by atoms with Crippen molar-refractivity contribution in [3.63, 3.8) is 0 Å². The van der Waals surface area contributed by atoms with Crippen molar-refractivity contribution in [2.24, 2.45) is 0 Å². The molecule has 6 atom stereocenters. The summed E-state index contributed by atoms with van der Waals surface area (Å²) in [5, 5.41) is 2.51. The van der Waals surface area contributed by atoms with Gasteiger partial charge in [0.15, 0.2) is 12.2 Å². The molecule has 1 aliphatic heterocycles. The SMILES string of the molecule is C=CCCC(=O)OC1(C(=O)OC)C[C@H](OC(C)=O)[C@@H](NC(C)=O)[C@H]([C@H](OC(C)=O)[C@@H](COC(C)=O)OC(C)=O)O1. The summed E-state index contributed by atoms with van der Waals surface area (Å²) in [4.78, 5) is 85.6. The molecule has 40 heavy (non-hydrogen) atoms. The van der Waals surface area contributed by atoms with E-state index in [4.69, 9.17) is 33.2 Å². The van der Waals surface area contributed by atoms with Crippen LogP contribution in [-0.4, -0.2) is 91.7 Å². The average molecular weight is 574 g/mol. The van der Waals surface area contributed by atoms with Gasteiger partial charge in [-0.15, -0.1) is 6.58 Å². The van der Waals surface area contributed by atoms with Crippen LogP contribution in [0.25, 0.3) is 0 Å². The summed E-state index contributed by atoms with van der Waals surface area (Å²) in [5.74, 6) is -8.83. The average Bonchev–Trinajstić information content (AvgIpc) is 2.83. The molecule has 1 unspecified atom stereocenters. The number of ether oxygens (including phenoxy) is 7. The highest BCUT2D eigenvalue weighted by Crippen LogP contribution is 2.37. The first kappa shape index (κ1) is 34.0. The Bertz CT molecular complexity index is 994. The van der Waals surface area contributed by atoms with Crippen LogP contribution in [0.1, 0.15) is 53.9 Å². The van der Waals surface area contributed by atoms with Crippen LogP contribution in [0, 0.1) is 0 Å². The molecule has 1 heterocycles. The molecule has 0 saturated carbocycles. The Kier molecular flexibility index (Phi) is 13.2. The number of carbonyl (C=O) groups is 7. The Morgan fingerprint density at radius 1 is 0.975 bits per heavy atom. The third kappa shape index (κ3) is 10.3. The van der Waals surface area contributed by atoms with Gasteiger partial charge >= 0.3 is 41.6 Å². The van der Waals surface area contributed by atoms with E-state index in [0.29, 0.717) is 0 Å². The molecular formula is C25H35NO14. The molecule has 0 bridgehead atoms. The molecule has 0 aromatic carbocycles. The summed E-state index contributed by atoms with van der Waals surface area (Å²) < 4.78 is 37.2. The Labute approximate surface area is 230 Å². The van der Waals surface area contributed by atoms with Crippen molar-refractivity contribution >= 4 is 41.7 Å². The second kappa shape index (κ2) is 15.5. The molecule has 0 radical (unpaired) electrons. The maximum Gasteiger partial charge on any atom is 0.379 e. The van der Waals surface area contributed by atoms with Gasteiger partial charge in [-0.05, 0) is 6.42 Å². The third-order valence-electron chi connectivity index (χ3n) is 5.33. The van der Waals surface area contributed by atoms with Crippen molar-refractivity contribution < 1.29 is 66.7 Å². The zero-order chi connectivity index (χ0) is 30.6. The number of amides is 1. The lowest BCUT2D eigenvalue weighted by molar-refractivity contribution is -0.304. The van der Waals surface area contributed by atoms with Crippen molar-refractivity contribution in [3.8, 4) is 0 Å². The van der Waals surface area contributed by atoms with Crippen molar-refractivity contribution in [2.45, 2.75) is 90.1 Å². The van der Waals surface area contributed by atoms with Crippen LogP contribution in [0.5, 0.6) is 0 Å². The van der Waals surface area contributed by atoms with Crippen LogP contribution in [0.15, 0.2) is 12.7 Å². The van der Waals surface area contributed by atoms with Crippen molar-refractivity contribution in [3.05, 3.63) is 12.7 Å². The molecule has 15 heteroatoms.